The SMILES string of the molecule is CC(C)C(=O)Nc1ncnc2c1ncn2C1CC(O)C(CO)O1. The summed E-state index contributed by atoms with van der Waals surface area (Å²) >= 11 is 0. The van der Waals surface area contributed by atoms with Crippen LogP contribution in [0.2, 0.25) is 0 Å². The fourth-order valence-corrected chi connectivity index (χ4v) is 2.47. The highest BCUT2D eigenvalue weighted by Gasteiger charge is 2.35. The Labute approximate surface area is 132 Å². The third-order valence-electron chi connectivity index (χ3n) is 3.82. The van der Waals surface area contributed by atoms with Crippen molar-refractivity contribution in [2.75, 3.05) is 11.9 Å². The molecule has 0 saturated carbocycles. The van der Waals surface area contributed by atoms with Crippen LogP contribution in [0.5, 0.6) is 0 Å². The van der Waals surface area contributed by atoms with E-state index in [1.165, 1.54) is 12.7 Å². The highest BCUT2D eigenvalue weighted by Crippen LogP contribution is 2.31. The molecule has 0 radical (unpaired) electrons. The van der Waals surface area contributed by atoms with Gasteiger partial charge in [0.25, 0.3) is 0 Å². The molecule has 0 aromatic carbocycles. The van der Waals surface area contributed by atoms with Crippen LogP contribution in [0.3, 0.4) is 0 Å². The van der Waals surface area contributed by atoms with Gasteiger partial charge in [0.15, 0.2) is 17.0 Å². The molecule has 2 aromatic rings. The average molecular weight is 321 g/mol. The van der Waals surface area contributed by atoms with Gasteiger partial charge in [0.2, 0.25) is 5.91 Å². The minimum Gasteiger partial charge on any atom is -0.394 e. The number of carbonyl (C=O) groups excluding carboxylic acids is 1. The second kappa shape index (κ2) is 6.19. The van der Waals surface area contributed by atoms with Crippen molar-refractivity contribution in [1.29, 1.82) is 0 Å². The Hall–Kier alpha value is -2.10. The van der Waals surface area contributed by atoms with Gasteiger partial charge < -0.3 is 20.3 Å². The summed E-state index contributed by atoms with van der Waals surface area (Å²) in [6.45, 7) is 3.32. The second-order valence-electron chi connectivity index (χ2n) is 5.81. The number of rotatable bonds is 4. The number of ether oxygens (including phenoxy) is 1. The highest BCUT2D eigenvalue weighted by atomic mass is 16.5. The number of aliphatic hydroxyl groups is 2. The van der Waals surface area contributed by atoms with E-state index in [-0.39, 0.29) is 18.4 Å². The van der Waals surface area contributed by atoms with E-state index in [9.17, 15) is 15.0 Å². The Morgan fingerprint density at radius 1 is 1.48 bits per heavy atom. The summed E-state index contributed by atoms with van der Waals surface area (Å²) in [5.41, 5.74) is 0.946. The lowest BCUT2D eigenvalue weighted by Crippen LogP contribution is -2.24. The number of anilines is 1. The van der Waals surface area contributed by atoms with Gasteiger partial charge in [0.1, 0.15) is 18.7 Å². The third-order valence-corrected chi connectivity index (χ3v) is 3.82. The zero-order valence-corrected chi connectivity index (χ0v) is 12.9. The molecule has 1 aliphatic rings. The van der Waals surface area contributed by atoms with Gasteiger partial charge in [0.05, 0.1) is 19.0 Å². The van der Waals surface area contributed by atoms with Gasteiger partial charge in [-0.05, 0) is 0 Å². The van der Waals surface area contributed by atoms with E-state index in [1.54, 1.807) is 18.4 Å². The summed E-state index contributed by atoms with van der Waals surface area (Å²) < 4.78 is 7.28. The van der Waals surface area contributed by atoms with E-state index in [0.29, 0.717) is 23.4 Å². The number of hydrogen-bond donors (Lipinski definition) is 3. The number of carbonyl (C=O) groups is 1. The van der Waals surface area contributed by atoms with Crippen LogP contribution in [0.4, 0.5) is 5.82 Å². The lowest BCUT2D eigenvalue weighted by molar-refractivity contribution is -0.118. The minimum atomic E-state index is -0.746. The van der Waals surface area contributed by atoms with Crippen molar-refractivity contribution in [3.8, 4) is 0 Å². The van der Waals surface area contributed by atoms with E-state index in [0.717, 1.165) is 0 Å². The maximum atomic E-state index is 11.9. The lowest BCUT2D eigenvalue weighted by atomic mass is 10.2. The van der Waals surface area contributed by atoms with Gasteiger partial charge in [-0.3, -0.25) is 9.36 Å². The van der Waals surface area contributed by atoms with Crippen molar-refractivity contribution in [3.63, 3.8) is 0 Å². The molecular weight excluding hydrogens is 302 g/mol. The molecule has 9 nitrogen and oxygen atoms in total. The third kappa shape index (κ3) is 2.90. The van der Waals surface area contributed by atoms with Crippen molar-refractivity contribution in [2.24, 2.45) is 5.92 Å². The Morgan fingerprint density at radius 3 is 2.91 bits per heavy atom. The number of aliphatic hydroxyl groups excluding tert-OH is 2. The zero-order chi connectivity index (χ0) is 16.6. The molecule has 3 N–H and O–H groups in total. The average Bonchev–Trinajstić information content (AvgIpc) is 3.10. The number of nitrogens with zero attached hydrogens (tertiary/aromatic N) is 4. The number of nitrogens with one attached hydrogen (secondary N) is 1. The van der Waals surface area contributed by atoms with Gasteiger partial charge in [0, 0.05) is 12.3 Å². The molecule has 2 aromatic heterocycles. The van der Waals surface area contributed by atoms with Crippen LogP contribution in [-0.2, 0) is 9.53 Å². The molecule has 3 atom stereocenters. The van der Waals surface area contributed by atoms with Crippen molar-refractivity contribution in [2.45, 2.75) is 38.7 Å². The first kappa shape index (κ1) is 15.8. The van der Waals surface area contributed by atoms with Gasteiger partial charge in [-0.2, -0.15) is 0 Å². The smallest absolute Gasteiger partial charge is 0.228 e. The predicted octanol–water partition coefficient (Wildman–Crippen LogP) is 0.0615. The van der Waals surface area contributed by atoms with Crippen LogP contribution in [0.15, 0.2) is 12.7 Å². The van der Waals surface area contributed by atoms with Crippen LogP contribution in [0.1, 0.15) is 26.5 Å². The summed E-state index contributed by atoms with van der Waals surface area (Å²) in [6, 6.07) is 0. The molecule has 3 rings (SSSR count). The molecule has 3 unspecified atom stereocenters. The topological polar surface area (TPSA) is 122 Å². The largest absolute Gasteiger partial charge is 0.394 e. The van der Waals surface area contributed by atoms with Crippen LogP contribution < -0.4 is 5.32 Å². The first-order chi connectivity index (χ1) is 11.0. The monoisotopic (exact) mass is 321 g/mol. The first-order valence-electron chi connectivity index (χ1n) is 7.44. The normalized spacial score (nSPS) is 24.5. The fourth-order valence-electron chi connectivity index (χ4n) is 2.47. The standard InChI is InChI=1S/C14H19N5O4/c1-7(2)14(22)18-12-11-13(16-5-15-12)19(6-17-11)10-3-8(21)9(4-20)23-10/h5-10,20-21H,3-4H2,1-2H3,(H,15,16,18,22). The lowest BCUT2D eigenvalue weighted by Gasteiger charge is -2.13. The summed E-state index contributed by atoms with van der Waals surface area (Å²) in [5, 5.41) is 21.8. The molecular formula is C14H19N5O4. The maximum Gasteiger partial charge on any atom is 0.228 e. The quantitative estimate of drug-likeness (QED) is 0.728. The molecule has 1 amide bonds. The molecule has 3 heterocycles. The summed E-state index contributed by atoms with van der Waals surface area (Å²) in [6.07, 6.45) is 1.35. The molecule has 1 fully saturated rings. The number of aromatic nitrogens is 4. The molecule has 23 heavy (non-hydrogen) atoms. The van der Waals surface area contributed by atoms with Crippen LogP contribution in [-0.4, -0.2) is 54.5 Å². The van der Waals surface area contributed by atoms with Crippen molar-refractivity contribution < 1.29 is 19.7 Å². The Kier molecular flexibility index (Phi) is 4.24. The molecule has 0 aliphatic carbocycles. The highest BCUT2D eigenvalue weighted by molar-refractivity contribution is 5.97. The van der Waals surface area contributed by atoms with Gasteiger partial charge in [-0.25, -0.2) is 15.0 Å². The second-order valence-corrected chi connectivity index (χ2v) is 5.81. The number of imidazole rings is 1. The molecule has 0 bridgehead atoms. The summed E-state index contributed by atoms with van der Waals surface area (Å²) in [4.78, 5) is 24.4. The van der Waals surface area contributed by atoms with Crippen molar-refractivity contribution >= 4 is 22.9 Å². The Morgan fingerprint density at radius 2 is 2.26 bits per heavy atom. The zero-order valence-electron chi connectivity index (χ0n) is 12.9. The van der Waals surface area contributed by atoms with E-state index >= 15 is 0 Å². The minimum absolute atomic E-state index is 0.160. The van der Waals surface area contributed by atoms with E-state index in [2.05, 4.69) is 20.3 Å². The number of hydrogen-bond acceptors (Lipinski definition) is 7. The van der Waals surface area contributed by atoms with E-state index in [1.807, 2.05) is 0 Å². The fraction of sp³-hybridized carbons (Fsp3) is 0.571. The van der Waals surface area contributed by atoms with E-state index < -0.39 is 18.4 Å². The van der Waals surface area contributed by atoms with Gasteiger partial charge >= 0.3 is 0 Å². The molecule has 1 aliphatic heterocycles. The predicted molar refractivity (Wildman–Crippen MR) is 80.4 cm³/mol. The van der Waals surface area contributed by atoms with Crippen molar-refractivity contribution in [1.82, 2.24) is 19.5 Å². The van der Waals surface area contributed by atoms with Gasteiger partial charge in [-0.1, -0.05) is 13.8 Å². The Bertz CT molecular complexity index is 716. The van der Waals surface area contributed by atoms with Crippen LogP contribution in [0.25, 0.3) is 11.2 Å². The molecule has 1 saturated heterocycles. The van der Waals surface area contributed by atoms with E-state index in [4.69, 9.17) is 4.74 Å². The summed E-state index contributed by atoms with van der Waals surface area (Å²) in [7, 11) is 0. The first-order valence-corrected chi connectivity index (χ1v) is 7.44. The summed E-state index contributed by atoms with van der Waals surface area (Å²) in [5.74, 6) is -0.00198. The molecule has 9 heteroatoms. The van der Waals surface area contributed by atoms with Crippen LogP contribution >= 0.6 is 0 Å². The molecule has 0 spiro atoms. The van der Waals surface area contributed by atoms with Gasteiger partial charge in [-0.15, -0.1) is 0 Å². The maximum absolute atomic E-state index is 11.9. The molecule has 124 valence electrons. The van der Waals surface area contributed by atoms with Crippen LogP contribution in [0, 0.1) is 5.92 Å². The number of amides is 1. The van der Waals surface area contributed by atoms with Crippen molar-refractivity contribution in [3.05, 3.63) is 12.7 Å². The number of fused-ring (bicyclic) bond motifs is 1. The Balaban J connectivity index is 1.91.